The van der Waals surface area contributed by atoms with Crippen molar-refractivity contribution in [2.24, 2.45) is 11.8 Å². The zero-order valence-electron chi connectivity index (χ0n) is 6.17. The summed E-state index contributed by atoms with van der Waals surface area (Å²) in [5.74, 6) is 5.88. The van der Waals surface area contributed by atoms with Crippen molar-refractivity contribution >= 4 is 12.4 Å². The fourth-order valence-electron chi connectivity index (χ4n) is 1.20. The average Bonchev–Trinajstić information content (AvgIpc) is 1.77. The molecule has 1 aliphatic rings. The molecule has 0 amide bonds. The van der Waals surface area contributed by atoms with E-state index in [4.69, 9.17) is 10.6 Å². The predicted octanol–water partition coefficient (Wildman–Crippen LogP) is 0.297. The molecule has 10 heavy (non-hydrogen) atoms. The Bertz CT molecular complexity index is 85.8. The quantitative estimate of drug-likeness (QED) is 0.468. The summed E-state index contributed by atoms with van der Waals surface area (Å²) in [7, 11) is 1.76. The zero-order valence-corrected chi connectivity index (χ0v) is 6.99. The van der Waals surface area contributed by atoms with Crippen LogP contribution < -0.4 is 11.3 Å². The number of hydrazine groups is 1. The van der Waals surface area contributed by atoms with Crippen LogP contribution in [0.2, 0.25) is 0 Å². The van der Waals surface area contributed by atoms with Crippen LogP contribution in [0.1, 0.15) is 12.8 Å². The van der Waals surface area contributed by atoms with Crippen molar-refractivity contribution in [1.82, 2.24) is 5.43 Å². The Balaban J connectivity index is 0.000000810. The molecule has 3 N–H and O–H groups in total. The van der Waals surface area contributed by atoms with E-state index in [1.807, 2.05) is 0 Å². The van der Waals surface area contributed by atoms with Gasteiger partial charge in [0.25, 0.3) is 0 Å². The maximum atomic E-state index is 5.13. The van der Waals surface area contributed by atoms with Gasteiger partial charge in [-0.15, -0.1) is 12.4 Å². The van der Waals surface area contributed by atoms with Crippen LogP contribution in [-0.4, -0.2) is 19.8 Å². The molecule has 1 aliphatic carbocycles. The maximum Gasteiger partial charge on any atom is 0.0577 e. The normalized spacial score (nSPS) is 30.6. The van der Waals surface area contributed by atoms with Crippen LogP contribution in [0.3, 0.4) is 0 Å². The third-order valence-electron chi connectivity index (χ3n) is 1.93. The minimum absolute atomic E-state index is 0. The maximum absolute atomic E-state index is 5.13. The molecule has 0 unspecified atom stereocenters. The van der Waals surface area contributed by atoms with Gasteiger partial charge in [0.1, 0.15) is 0 Å². The van der Waals surface area contributed by atoms with E-state index in [0.717, 1.165) is 12.5 Å². The van der Waals surface area contributed by atoms with Crippen LogP contribution in [0.5, 0.6) is 0 Å². The smallest absolute Gasteiger partial charge is 0.0577 e. The van der Waals surface area contributed by atoms with Crippen molar-refractivity contribution in [2.75, 3.05) is 13.7 Å². The molecule has 0 radical (unpaired) electrons. The summed E-state index contributed by atoms with van der Waals surface area (Å²) in [5, 5.41) is 0. The Morgan fingerprint density at radius 1 is 1.60 bits per heavy atom. The van der Waals surface area contributed by atoms with E-state index in [-0.39, 0.29) is 12.4 Å². The SMILES string of the molecule is COC1CC(CNN)C1.Cl. The zero-order chi connectivity index (χ0) is 6.69. The van der Waals surface area contributed by atoms with Gasteiger partial charge in [-0.1, -0.05) is 0 Å². The van der Waals surface area contributed by atoms with Crippen molar-refractivity contribution in [3.63, 3.8) is 0 Å². The van der Waals surface area contributed by atoms with E-state index < -0.39 is 0 Å². The Kier molecular flexibility index (Phi) is 4.99. The molecule has 4 heteroatoms. The van der Waals surface area contributed by atoms with Gasteiger partial charge in [0.2, 0.25) is 0 Å². The lowest BCUT2D eigenvalue weighted by atomic mass is 9.82. The van der Waals surface area contributed by atoms with Gasteiger partial charge in [-0.05, 0) is 18.8 Å². The fraction of sp³-hybridized carbons (Fsp3) is 1.00. The number of halogens is 1. The van der Waals surface area contributed by atoms with Gasteiger partial charge in [0.15, 0.2) is 0 Å². The summed E-state index contributed by atoms with van der Waals surface area (Å²) in [6.45, 7) is 0.930. The molecule has 1 fully saturated rings. The molecule has 3 nitrogen and oxygen atoms in total. The summed E-state index contributed by atoms with van der Waals surface area (Å²) in [6, 6.07) is 0. The highest BCUT2D eigenvalue weighted by Crippen LogP contribution is 2.28. The van der Waals surface area contributed by atoms with Gasteiger partial charge in [0, 0.05) is 13.7 Å². The molecule has 1 rings (SSSR count). The number of hydrogen-bond acceptors (Lipinski definition) is 3. The minimum atomic E-state index is 0. The van der Waals surface area contributed by atoms with E-state index in [2.05, 4.69) is 5.43 Å². The van der Waals surface area contributed by atoms with Crippen LogP contribution in [-0.2, 0) is 4.74 Å². The number of nitrogens with one attached hydrogen (secondary N) is 1. The Morgan fingerprint density at radius 2 is 2.20 bits per heavy atom. The molecule has 0 heterocycles. The lowest BCUT2D eigenvalue weighted by molar-refractivity contribution is 0.00168. The summed E-state index contributed by atoms with van der Waals surface area (Å²) in [4.78, 5) is 0. The average molecular weight is 167 g/mol. The number of hydrogen-bond donors (Lipinski definition) is 2. The molecule has 0 aromatic carbocycles. The fourth-order valence-corrected chi connectivity index (χ4v) is 1.20. The molecule has 0 aliphatic heterocycles. The standard InChI is InChI=1S/C6H14N2O.ClH/c1-9-6-2-5(3-6)4-8-7;/h5-6,8H,2-4,7H2,1H3;1H. The van der Waals surface area contributed by atoms with Gasteiger partial charge in [0.05, 0.1) is 6.10 Å². The third-order valence-corrected chi connectivity index (χ3v) is 1.93. The first-order valence-corrected chi connectivity index (χ1v) is 3.33. The van der Waals surface area contributed by atoms with Crippen LogP contribution in [0, 0.1) is 5.92 Å². The molecule has 62 valence electrons. The number of ether oxygens (including phenoxy) is 1. The first-order chi connectivity index (χ1) is 4.36. The monoisotopic (exact) mass is 166 g/mol. The molecular formula is C6H15ClN2O. The van der Waals surface area contributed by atoms with Crippen LogP contribution in [0.4, 0.5) is 0 Å². The second-order valence-corrected chi connectivity index (χ2v) is 2.60. The molecule has 0 aromatic rings. The highest BCUT2D eigenvalue weighted by atomic mass is 35.5. The number of methoxy groups -OCH3 is 1. The molecule has 0 aromatic heterocycles. The van der Waals surface area contributed by atoms with Crippen molar-refractivity contribution in [3.05, 3.63) is 0 Å². The highest BCUT2D eigenvalue weighted by Gasteiger charge is 2.27. The highest BCUT2D eigenvalue weighted by molar-refractivity contribution is 5.85. The van der Waals surface area contributed by atoms with Gasteiger partial charge < -0.3 is 4.74 Å². The molecule has 0 atom stereocenters. The van der Waals surface area contributed by atoms with E-state index in [1.54, 1.807) is 7.11 Å². The lowest BCUT2D eigenvalue weighted by Gasteiger charge is -2.33. The van der Waals surface area contributed by atoms with E-state index >= 15 is 0 Å². The van der Waals surface area contributed by atoms with Crippen LogP contribution in [0.15, 0.2) is 0 Å². The number of rotatable bonds is 3. The summed E-state index contributed by atoms with van der Waals surface area (Å²) >= 11 is 0. The van der Waals surface area contributed by atoms with Gasteiger partial charge >= 0.3 is 0 Å². The van der Waals surface area contributed by atoms with E-state index in [9.17, 15) is 0 Å². The molecule has 0 saturated heterocycles. The predicted molar refractivity (Wildman–Crippen MR) is 43.0 cm³/mol. The Hall–Kier alpha value is 0.170. The molecule has 0 spiro atoms. The van der Waals surface area contributed by atoms with Gasteiger partial charge in [-0.25, -0.2) is 0 Å². The van der Waals surface area contributed by atoms with Crippen molar-refractivity contribution in [1.29, 1.82) is 0 Å². The minimum Gasteiger partial charge on any atom is -0.381 e. The lowest BCUT2D eigenvalue weighted by Crippen LogP contribution is -2.39. The summed E-state index contributed by atoms with van der Waals surface area (Å²) in [5.41, 5.74) is 2.66. The first-order valence-electron chi connectivity index (χ1n) is 3.33. The topological polar surface area (TPSA) is 47.3 Å². The second kappa shape index (κ2) is 4.91. The van der Waals surface area contributed by atoms with Gasteiger partial charge in [-0.3, -0.25) is 11.3 Å². The Labute approximate surface area is 67.7 Å². The first kappa shape index (κ1) is 10.2. The summed E-state index contributed by atoms with van der Waals surface area (Å²) in [6.07, 6.45) is 2.84. The Morgan fingerprint density at radius 3 is 2.60 bits per heavy atom. The van der Waals surface area contributed by atoms with Crippen LogP contribution >= 0.6 is 12.4 Å². The van der Waals surface area contributed by atoms with E-state index in [1.165, 1.54) is 12.8 Å². The molecular weight excluding hydrogens is 152 g/mol. The third kappa shape index (κ3) is 2.42. The van der Waals surface area contributed by atoms with Crippen molar-refractivity contribution in [3.8, 4) is 0 Å². The largest absolute Gasteiger partial charge is 0.381 e. The van der Waals surface area contributed by atoms with Gasteiger partial charge in [-0.2, -0.15) is 0 Å². The van der Waals surface area contributed by atoms with Crippen molar-refractivity contribution in [2.45, 2.75) is 18.9 Å². The summed E-state index contributed by atoms with van der Waals surface area (Å²) < 4.78 is 5.09. The van der Waals surface area contributed by atoms with E-state index in [0.29, 0.717) is 6.10 Å². The van der Waals surface area contributed by atoms with Crippen molar-refractivity contribution < 1.29 is 4.74 Å². The molecule has 1 saturated carbocycles. The second-order valence-electron chi connectivity index (χ2n) is 2.60. The van der Waals surface area contributed by atoms with Crippen LogP contribution in [0.25, 0.3) is 0 Å². The number of nitrogens with two attached hydrogens (primary N) is 1. The molecule has 0 bridgehead atoms.